The van der Waals surface area contributed by atoms with E-state index in [-0.39, 0.29) is 29.4 Å². The molecule has 0 heterocycles. The molecule has 28 heavy (non-hydrogen) atoms. The number of nitrogens with one attached hydrogen (secondary N) is 1. The van der Waals surface area contributed by atoms with E-state index in [1.54, 1.807) is 12.1 Å². The third kappa shape index (κ3) is 4.79. The highest BCUT2D eigenvalue weighted by atomic mass is 32.2. The van der Waals surface area contributed by atoms with Crippen LogP contribution in [0.4, 0.5) is 0 Å². The minimum Gasteiger partial charge on any atom is -0.348 e. The van der Waals surface area contributed by atoms with Crippen molar-refractivity contribution in [3.63, 3.8) is 0 Å². The van der Waals surface area contributed by atoms with Gasteiger partial charge in [-0.05, 0) is 62.1 Å². The van der Waals surface area contributed by atoms with E-state index in [0.717, 1.165) is 24.8 Å². The summed E-state index contributed by atoms with van der Waals surface area (Å²) in [4.78, 5) is 14.6. The van der Waals surface area contributed by atoms with Crippen LogP contribution in [0.25, 0.3) is 0 Å². The standard InChI is InChI=1S/C21H27N3O3S/c1-15(16-10-12-18(13-11-16)28(22,26)27)24(2)14-21(25)23-20-9-5-7-17-6-3-4-8-19(17)20/h3-4,6,8,10-13,15,20H,5,7,9,14H2,1-2H3,(H,23,25)(H2,22,26,27). The molecule has 1 aliphatic rings. The minimum atomic E-state index is -3.70. The highest BCUT2D eigenvalue weighted by molar-refractivity contribution is 7.89. The number of rotatable bonds is 6. The number of hydrogen-bond acceptors (Lipinski definition) is 4. The summed E-state index contributed by atoms with van der Waals surface area (Å²) in [7, 11) is -1.82. The average Bonchev–Trinajstić information content (AvgIpc) is 2.67. The molecule has 0 bridgehead atoms. The Bertz CT molecular complexity index is 942. The number of aryl methyl sites for hydroxylation is 1. The van der Waals surface area contributed by atoms with E-state index in [9.17, 15) is 13.2 Å². The number of primary sulfonamides is 1. The van der Waals surface area contributed by atoms with Gasteiger partial charge in [-0.2, -0.15) is 0 Å². The Hall–Kier alpha value is -2.22. The second kappa shape index (κ2) is 8.43. The monoisotopic (exact) mass is 401 g/mol. The number of carbonyl (C=O) groups excluding carboxylic acids is 1. The van der Waals surface area contributed by atoms with Crippen molar-refractivity contribution in [3.05, 3.63) is 65.2 Å². The van der Waals surface area contributed by atoms with Crippen LogP contribution in [0, 0.1) is 0 Å². The van der Waals surface area contributed by atoms with E-state index in [4.69, 9.17) is 5.14 Å². The molecule has 1 aliphatic carbocycles. The van der Waals surface area contributed by atoms with Gasteiger partial charge >= 0.3 is 0 Å². The molecule has 150 valence electrons. The SMILES string of the molecule is CC(c1ccc(S(N)(=O)=O)cc1)N(C)CC(=O)NC1CCCc2ccccc21. The fourth-order valence-corrected chi connectivity index (χ4v) is 4.21. The number of benzene rings is 2. The van der Waals surface area contributed by atoms with Gasteiger partial charge in [0.1, 0.15) is 0 Å². The van der Waals surface area contributed by atoms with E-state index in [2.05, 4.69) is 17.4 Å². The van der Waals surface area contributed by atoms with Gasteiger partial charge in [0.25, 0.3) is 0 Å². The third-order valence-electron chi connectivity index (χ3n) is 5.45. The first-order chi connectivity index (χ1) is 13.3. The first kappa shape index (κ1) is 20.5. The first-order valence-electron chi connectivity index (χ1n) is 9.46. The summed E-state index contributed by atoms with van der Waals surface area (Å²) < 4.78 is 22.8. The van der Waals surface area contributed by atoms with Crippen molar-refractivity contribution in [2.24, 2.45) is 5.14 Å². The maximum absolute atomic E-state index is 12.6. The molecule has 2 unspecified atom stereocenters. The second-order valence-electron chi connectivity index (χ2n) is 7.42. The van der Waals surface area contributed by atoms with E-state index in [0.29, 0.717) is 0 Å². The van der Waals surface area contributed by atoms with E-state index >= 15 is 0 Å². The summed E-state index contributed by atoms with van der Waals surface area (Å²) in [6, 6.07) is 14.8. The highest BCUT2D eigenvalue weighted by Gasteiger charge is 2.23. The van der Waals surface area contributed by atoms with Crippen molar-refractivity contribution in [1.29, 1.82) is 0 Å². The maximum Gasteiger partial charge on any atom is 0.238 e. The molecule has 2 aromatic rings. The Balaban J connectivity index is 1.61. The first-order valence-corrected chi connectivity index (χ1v) is 11.0. The predicted octanol–water partition coefficient (Wildman–Crippen LogP) is 2.52. The van der Waals surface area contributed by atoms with Gasteiger partial charge < -0.3 is 5.32 Å². The molecule has 1 amide bonds. The van der Waals surface area contributed by atoms with Crippen LogP contribution >= 0.6 is 0 Å². The Labute approximate surface area is 166 Å². The Kier molecular flexibility index (Phi) is 6.17. The maximum atomic E-state index is 12.6. The minimum absolute atomic E-state index is 0.0165. The molecular formula is C21H27N3O3S. The van der Waals surface area contributed by atoms with E-state index < -0.39 is 10.0 Å². The lowest BCUT2D eigenvalue weighted by Gasteiger charge is -2.29. The number of sulfonamides is 1. The van der Waals surface area contributed by atoms with Crippen LogP contribution in [0.1, 0.15) is 48.5 Å². The number of amides is 1. The fraction of sp³-hybridized carbons (Fsp3) is 0.381. The Morgan fingerprint density at radius 3 is 2.57 bits per heavy atom. The van der Waals surface area contributed by atoms with Gasteiger partial charge in [-0.1, -0.05) is 36.4 Å². The molecule has 3 N–H and O–H groups in total. The highest BCUT2D eigenvalue weighted by Crippen LogP contribution is 2.29. The largest absolute Gasteiger partial charge is 0.348 e. The molecule has 0 saturated carbocycles. The molecular weight excluding hydrogens is 374 g/mol. The zero-order valence-electron chi connectivity index (χ0n) is 16.3. The molecule has 0 fully saturated rings. The van der Waals surface area contributed by atoms with Crippen molar-refractivity contribution in [1.82, 2.24) is 10.2 Å². The number of nitrogens with zero attached hydrogens (tertiary/aromatic N) is 1. The quantitative estimate of drug-likeness (QED) is 0.778. The summed E-state index contributed by atoms with van der Waals surface area (Å²) in [5.41, 5.74) is 3.46. The summed E-state index contributed by atoms with van der Waals surface area (Å²) in [5, 5.41) is 8.31. The van der Waals surface area contributed by atoms with Crippen LogP contribution in [0.2, 0.25) is 0 Å². The van der Waals surface area contributed by atoms with Crippen molar-refractivity contribution < 1.29 is 13.2 Å². The number of fused-ring (bicyclic) bond motifs is 1. The summed E-state index contributed by atoms with van der Waals surface area (Å²) in [6.07, 6.45) is 3.09. The van der Waals surface area contributed by atoms with Gasteiger partial charge in [0.2, 0.25) is 15.9 Å². The topological polar surface area (TPSA) is 92.5 Å². The predicted molar refractivity (Wildman–Crippen MR) is 109 cm³/mol. The lowest BCUT2D eigenvalue weighted by molar-refractivity contribution is -0.123. The summed E-state index contributed by atoms with van der Waals surface area (Å²) in [6.45, 7) is 2.24. The van der Waals surface area contributed by atoms with Gasteiger partial charge in [-0.25, -0.2) is 13.6 Å². The molecule has 3 rings (SSSR count). The molecule has 0 aromatic heterocycles. The third-order valence-corrected chi connectivity index (χ3v) is 6.38. The van der Waals surface area contributed by atoms with Crippen LogP contribution in [-0.2, 0) is 21.2 Å². The average molecular weight is 402 g/mol. The van der Waals surface area contributed by atoms with Crippen molar-refractivity contribution >= 4 is 15.9 Å². The molecule has 0 saturated heterocycles. The van der Waals surface area contributed by atoms with E-state index in [1.807, 2.05) is 31.0 Å². The molecule has 2 aromatic carbocycles. The van der Waals surface area contributed by atoms with E-state index in [1.165, 1.54) is 23.3 Å². The van der Waals surface area contributed by atoms with Gasteiger partial charge in [-0.15, -0.1) is 0 Å². The summed E-state index contributed by atoms with van der Waals surface area (Å²) >= 11 is 0. The lowest BCUT2D eigenvalue weighted by Crippen LogP contribution is -2.39. The number of likely N-dealkylation sites (N-methyl/N-ethyl adjacent to an activating group) is 1. The van der Waals surface area contributed by atoms with Crippen LogP contribution in [0.5, 0.6) is 0 Å². The zero-order chi connectivity index (χ0) is 20.3. The zero-order valence-corrected chi connectivity index (χ0v) is 17.1. The van der Waals surface area contributed by atoms with Gasteiger partial charge in [0, 0.05) is 6.04 Å². The normalized spacial score (nSPS) is 17.8. The molecule has 0 radical (unpaired) electrons. The fourth-order valence-electron chi connectivity index (χ4n) is 3.70. The summed E-state index contributed by atoms with van der Waals surface area (Å²) in [5.74, 6) is -0.0165. The van der Waals surface area contributed by atoms with Crippen LogP contribution in [-0.4, -0.2) is 32.8 Å². The van der Waals surface area contributed by atoms with Gasteiger partial charge in [0.15, 0.2) is 0 Å². The Morgan fingerprint density at radius 1 is 1.21 bits per heavy atom. The lowest BCUT2D eigenvalue weighted by atomic mass is 9.88. The smallest absolute Gasteiger partial charge is 0.238 e. The molecule has 7 heteroatoms. The number of hydrogen-bond donors (Lipinski definition) is 2. The Morgan fingerprint density at radius 2 is 1.89 bits per heavy atom. The van der Waals surface area contributed by atoms with Crippen LogP contribution < -0.4 is 10.5 Å². The second-order valence-corrected chi connectivity index (χ2v) is 8.98. The van der Waals surface area contributed by atoms with Crippen molar-refractivity contribution in [2.75, 3.05) is 13.6 Å². The molecule has 6 nitrogen and oxygen atoms in total. The van der Waals surface area contributed by atoms with Crippen molar-refractivity contribution in [2.45, 2.75) is 43.2 Å². The van der Waals surface area contributed by atoms with Gasteiger partial charge in [-0.3, -0.25) is 9.69 Å². The van der Waals surface area contributed by atoms with Gasteiger partial charge in [0.05, 0.1) is 17.5 Å². The molecule has 0 aliphatic heterocycles. The van der Waals surface area contributed by atoms with Crippen molar-refractivity contribution in [3.8, 4) is 0 Å². The molecule has 0 spiro atoms. The molecule has 2 atom stereocenters. The number of nitrogens with two attached hydrogens (primary N) is 1. The number of carbonyl (C=O) groups is 1. The van der Waals surface area contributed by atoms with Crippen LogP contribution in [0.3, 0.4) is 0 Å². The van der Waals surface area contributed by atoms with Crippen LogP contribution in [0.15, 0.2) is 53.4 Å².